The lowest BCUT2D eigenvalue weighted by atomic mass is 10.1. The van der Waals surface area contributed by atoms with Crippen molar-refractivity contribution < 1.29 is 9.53 Å². The Bertz CT molecular complexity index is 699. The van der Waals surface area contributed by atoms with Crippen LogP contribution in [0.1, 0.15) is 15.9 Å². The Hall–Kier alpha value is -2.38. The second-order valence-corrected chi connectivity index (χ2v) is 5.04. The fraction of sp³-hybridized carbons (Fsp3) is 0.0588. The summed E-state index contributed by atoms with van der Waals surface area (Å²) in [4.78, 5) is 12.1. The van der Waals surface area contributed by atoms with E-state index in [0.717, 1.165) is 10.0 Å². The zero-order valence-corrected chi connectivity index (χ0v) is 12.7. The van der Waals surface area contributed by atoms with E-state index in [4.69, 9.17) is 10.00 Å². The molecule has 4 heteroatoms. The van der Waals surface area contributed by atoms with Gasteiger partial charge < -0.3 is 4.74 Å². The molecule has 0 aliphatic rings. The van der Waals surface area contributed by atoms with Crippen LogP contribution in [0.5, 0.6) is 5.75 Å². The number of nitriles is 1. The van der Waals surface area contributed by atoms with E-state index in [-0.39, 0.29) is 12.4 Å². The van der Waals surface area contributed by atoms with Gasteiger partial charge in [-0.1, -0.05) is 34.1 Å². The molecule has 0 N–H and O–H groups in total. The van der Waals surface area contributed by atoms with E-state index in [0.29, 0.717) is 11.3 Å². The van der Waals surface area contributed by atoms with Gasteiger partial charge in [0.05, 0.1) is 0 Å². The number of rotatable bonds is 5. The molecular formula is C17H12BrNO2. The summed E-state index contributed by atoms with van der Waals surface area (Å²) < 4.78 is 6.08. The number of nitrogens with zero attached hydrogens (tertiary/aromatic N) is 1. The predicted octanol–water partition coefficient (Wildman–Crippen LogP) is 4.25. The minimum absolute atomic E-state index is 0.00473. The van der Waals surface area contributed by atoms with Gasteiger partial charge >= 0.3 is 0 Å². The van der Waals surface area contributed by atoms with Crippen molar-refractivity contribution in [3.05, 3.63) is 70.2 Å². The molecule has 21 heavy (non-hydrogen) atoms. The fourth-order valence-corrected chi connectivity index (χ4v) is 2.12. The predicted molar refractivity (Wildman–Crippen MR) is 85.1 cm³/mol. The Morgan fingerprint density at radius 1 is 1.19 bits per heavy atom. The normalized spacial score (nSPS) is 10.3. The second kappa shape index (κ2) is 7.41. The van der Waals surface area contributed by atoms with Crippen LogP contribution in [0, 0.1) is 11.3 Å². The number of ketones is 1. The van der Waals surface area contributed by atoms with E-state index in [2.05, 4.69) is 15.9 Å². The third kappa shape index (κ3) is 4.30. The van der Waals surface area contributed by atoms with Gasteiger partial charge in [-0.2, -0.15) is 5.26 Å². The van der Waals surface area contributed by atoms with Crippen LogP contribution in [0.25, 0.3) is 6.08 Å². The Morgan fingerprint density at radius 2 is 1.90 bits per heavy atom. The average molecular weight is 342 g/mol. The number of hydrogen-bond donors (Lipinski definition) is 0. The SMILES string of the molecule is N#CCOc1ccc(C(=O)/C=C/c2ccccc2Br)cc1. The molecule has 0 radical (unpaired) electrons. The van der Waals surface area contributed by atoms with Crippen LogP contribution >= 0.6 is 15.9 Å². The summed E-state index contributed by atoms with van der Waals surface area (Å²) in [5.74, 6) is 0.487. The van der Waals surface area contributed by atoms with E-state index >= 15 is 0 Å². The van der Waals surface area contributed by atoms with Crippen molar-refractivity contribution in [3.63, 3.8) is 0 Å². The minimum atomic E-state index is -0.0856. The summed E-state index contributed by atoms with van der Waals surface area (Å²) in [6.07, 6.45) is 3.30. The van der Waals surface area contributed by atoms with Crippen molar-refractivity contribution in [2.75, 3.05) is 6.61 Å². The monoisotopic (exact) mass is 341 g/mol. The summed E-state index contributed by atoms with van der Waals surface area (Å²) in [7, 11) is 0. The number of hydrogen-bond acceptors (Lipinski definition) is 3. The molecule has 0 atom stereocenters. The maximum absolute atomic E-state index is 12.1. The van der Waals surface area contributed by atoms with Crippen LogP contribution in [-0.2, 0) is 0 Å². The van der Waals surface area contributed by atoms with Crippen LogP contribution in [-0.4, -0.2) is 12.4 Å². The highest BCUT2D eigenvalue weighted by molar-refractivity contribution is 9.10. The molecular weight excluding hydrogens is 330 g/mol. The van der Waals surface area contributed by atoms with Gasteiger partial charge in [-0.3, -0.25) is 4.79 Å². The summed E-state index contributed by atoms with van der Waals surface area (Å²) in [6, 6.07) is 16.3. The largest absolute Gasteiger partial charge is 0.479 e. The first kappa shape index (κ1) is 15.0. The molecule has 3 nitrogen and oxygen atoms in total. The molecule has 2 rings (SSSR count). The number of carbonyl (C=O) groups is 1. The minimum Gasteiger partial charge on any atom is -0.479 e. The molecule has 0 unspecified atom stereocenters. The van der Waals surface area contributed by atoms with Crippen LogP contribution < -0.4 is 4.74 Å². The lowest BCUT2D eigenvalue weighted by Gasteiger charge is -2.02. The first-order valence-corrected chi connectivity index (χ1v) is 7.07. The van der Waals surface area contributed by atoms with E-state index in [9.17, 15) is 4.79 Å². The Morgan fingerprint density at radius 3 is 2.57 bits per heavy atom. The van der Waals surface area contributed by atoms with Gasteiger partial charge in [-0.15, -0.1) is 0 Å². The van der Waals surface area contributed by atoms with Gasteiger partial charge in [0.1, 0.15) is 11.8 Å². The quantitative estimate of drug-likeness (QED) is 0.603. The van der Waals surface area contributed by atoms with Gasteiger partial charge in [0.2, 0.25) is 0 Å². The second-order valence-electron chi connectivity index (χ2n) is 4.19. The Kier molecular flexibility index (Phi) is 5.30. The van der Waals surface area contributed by atoms with Crippen LogP contribution in [0.2, 0.25) is 0 Å². The number of allylic oxidation sites excluding steroid dienone is 1. The molecule has 0 spiro atoms. The average Bonchev–Trinajstić information content (AvgIpc) is 2.52. The molecule has 0 aromatic heterocycles. The molecule has 0 amide bonds. The standard InChI is InChI=1S/C17H12BrNO2/c18-16-4-2-1-3-13(16)7-10-17(20)14-5-8-15(9-6-14)21-12-11-19/h1-10H,12H2/b10-7+. The van der Waals surface area contributed by atoms with Crippen LogP contribution in [0.3, 0.4) is 0 Å². The van der Waals surface area contributed by atoms with Crippen molar-refractivity contribution in [1.82, 2.24) is 0 Å². The van der Waals surface area contributed by atoms with E-state index < -0.39 is 0 Å². The van der Waals surface area contributed by atoms with E-state index in [1.165, 1.54) is 6.08 Å². The third-order valence-electron chi connectivity index (χ3n) is 2.76. The Labute approximate surface area is 131 Å². The number of benzene rings is 2. The molecule has 0 aliphatic carbocycles. The molecule has 0 saturated carbocycles. The van der Waals surface area contributed by atoms with Crippen molar-refractivity contribution >= 4 is 27.8 Å². The number of halogens is 1. The molecule has 0 saturated heterocycles. The highest BCUT2D eigenvalue weighted by atomic mass is 79.9. The molecule has 0 fully saturated rings. The van der Waals surface area contributed by atoms with Gasteiger partial charge in [-0.25, -0.2) is 0 Å². The van der Waals surface area contributed by atoms with Gasteiger partial charge in [0.15, 0.2) is 12.4 Å². The van der Waals surface area contributed by atoms with Crippen molar-refractivity contribution in [2.24, 2.45) is 0 Å². The van der Waals surface area contributed by atoms with Crippen LogP contribution in [0.4, 0.5) is 0 Å². The summed E-state index contributed by atoms with van der Waals surface area (Å²) in [5.41, 5.74) is 1.52. The smallest absolute Gasteiger partial charge is 0.185 e. The maximum Gasteiger partial charge on any atom is 0.185 e. The van der Waals surface area contributed by atoms with Crippen molar-refractivity contribution in [1.29, 1.82) is 5.26 Å². The molecule has 104 valence electrons. The topological polar surface area (TPSA) is 50.1 Å². The van der Waals surface area contributed by atoms with Gasteiger partial charge in [0.25, 0.3) is 0 Å². The summed E-state index contributed by atoms with van der Waals surface area (Å²) in [6.45, 7) is -0.00473. The number of ether oxygens (including phenoxy) is 1. The highest BCUT2D eigenvalue weighted by Gasteiger charge is 2.03. The van der Waals surface area contributed by atoms with Gasteiger partial charge in [-0.05, 0) is 48.0 Å². The summed E-state index contributed by atoms with van der Waals surface area (Å²) in [5, 5.41) is 8.43. The fourth-order valence-electron chi connectivity index (χ4n) is 1.70. The first-order valence-electron chi connectivity index (χ1n) is 6.27. The van der Waals surface area contributed by atoms with E-state index in [1.807, 2.05) is 30.3 Å². The zero-order valence-electron chi connectivity index (χ0n) is 11.1. The maximum atomic E-state index is 12.1. The van der Waals surface area contributed by atoms with E-state index in [1.54, 1.807) is 30.3 Å². The van der Waals surface area contributed by atoms with Crippen molar-refractivity contribution in [3.8, 4) is 11.8 Å². The highest BCUT2D eigenvalue weighted by Crippen LogP contribution is 2.18. The van der Waals surface area contributed by atoms with Crippen molar-refractivity contribution in [2.45, 2.75) is 0 Å². The lowest BCUT2D eigenvalue weighted by molar-refractivity contribution is 0.104. The summed E-state index contributed by atoms with van der Waals surface area (Å²) >= 11 is 3.43. The molecule has 0 heterocycles. The number of carbonyl (C=O) groups excluding carboxylic acids is 1. The lowest BCUT2D eigenvalue weighted by Crippen LogP contribution is -1.96. The third-order valence-corrected chi connectivity index (χ3v) is 3.48. The van der Waals surface area contributed by atoms with Crippen LogP contribution in [0.15, 0.2) is 59.1 Å². The van der Waals surface area contributed by atoms with Gasteiger partial charge in [0, 0.05) is 10.0 Å². The zero-order chi connectivity index (χ0) is 15.1. The molecule has 2 aromatic rings. The first-order chi connectivity index (χ1) is 10.2. The molecule has 2 aromatic carbocycles. The molecule has 0 bridgehead atoms. The molecule has 0 aliphatic heterocycles. The Balaban J connectivity index is 2.07.